The van der Waals surface area contributed by atoms with Crippen molar-refractivity contribution in [3.63, 3.8) is 0 Å². The summed E-state index contributed by atoms with van der Waals surface area (Å²) in [6.07, 6.45) is 6.53. The van der Waals surface area contributed by atoms with Gasteiger partial charge in [-0.3, -0.25) is 0 Å². The van der Waals surface area contributed by atoms with Crippen molar-refractivity contribution < 1.29 is 4.74 Å². The second kappa shape index (κ2) is 7.05. The third kappa shape index (κ3) is 3.17. The second-order valence-electron chi connectivity index (χ2n) is 4.65. The van der Waals surface area contributed by atoms with Gasteiger partial charge in [0.25, 0.3) is 0 Å². The van der Waals surface area contributed by atoms with Crippen LogP contribution in [0.15, 0.2) is 25.1 Å². The molecule has 0 radical (unpaired) electrons. The first-order valence-electron chi connectivity index (χ1n) is 6.92. The predicted molar refractivity (Wildman–Crippen MR) is 83.1 cm³/mol. The summed E-state index contributed by atoms with van der Waals surface area (Å²) in [6.45, 7) is 9.38. The van der Waals surface area contributed by atoms with E-state index in [1.807, 2.05) is 20.0 Å². The predicted octanol–water partition coefficient (Wildman–Crippen LogP) is 2.33. The Morgan fingerprint density at radius 3 is 2.85 bits per heavy atom. The van der Waals surface area contributed by atoms with Gasteiger partial charge in [-0.1, -0.05) is 18.7 Å². The molecule has 1 aromatic heterocycles. The molecule has 0 spiro atoms. The molecule has 0 atom stereocenters. The summed E-state index contributed by atoms with van der Waals surface area (Å²) < 4.78 is 5.41. The number of nitrogens with one attached hydrogen (secondary N) is 1. The Kier molecular flexibility index (Phi) is 5.12. The van der Waals surface area contributed by atoms with Crippen LogP contribution in [0.1, 0.15) is 18.9 Å². The second-order valence-corrected chi connectivity index (χ2v) is 4.65. The van der Waals surface area contributed by atoms with Crippen molar-refractivity contribution in [1.82, 2.24) is 9.97 Å². The fourth-order valence-corrected chi connectivity index (χ4v) is 2.27. The van der Waals surface area contributed by atoms with Gasteiger partial charge in [-0.05, 0) is 18.9 Å². The monoisotopic (exact) mass is 274 g/mol. The number of hydrogen-bond acceptors (Lipinski definition) is 5. The molecule has 1 fully saturated rings. The van der Waals surface area contributed by atoms with E-state index < -0.39 is 0 Å². The summed E-state index contributed by atoms with van der Waals surface area (Å²) in [7, 11) is 1.87. The number of nitrogens with zero attached hydrogens (tertiary/aromatic N) is 3. The van der Waals surface area contributed by atoms with Gasteiger partial charge < -0.3 is 15.0 Å². The van der Waals surface area contributed by atoms with Gasteiger partial charge in [0.2, 0.25) is 0 Å². The van der Waals surface area contributed by atoms with Crippen LogP contribution < -0.4 is 10.2 Å². The Morgan fingerprint density at radius 2 is 2.20 bits per heavy atom. The molecule has 0 saturated carbocycles. The summed E-state index contributed by atoms with van der Waals surface area (Å²) >= 11 is 0. The Bertz CT molecular complexity index is 493. The van der Waals surface area contributed by atoms with E-state index in [9.17, 15) is 0 Å². The number of rotatable bonds is 5. The maximum atomic E-state index is 5.41. The van der Waals surface area contributed by atoms with Crippen LogP contribution in [0.4, 0.5) is 11.6 Å². The van der Waals surface area contributed by atoms with Crippen molar-refractivity contribution in [2.75, 3.05) is 43.6 Å². The fraction of sp³-hybridized carbons (Fsp3) is 0.467. The highest BCUT2D eigenvalue weighted by Crippen LogP contribution is 2.31. The lowest BCUT2D eigenvalue weighted by Gasteiger charge is -2.30. The standard InChI is InChI=1S/C15H22N4O/c1-4-5-6-12(2)13-14(16-3)17-11-18-15(13)19-7-9-20-10-8-19/h4-5,11H,2,6-10H2,1,3H3,(H,16,17,18). The first-order valence-corrected chi connectivity index (χ1v) is 6.92. The van der Waals surface area contributed by atoms with E-state index in [-0.39, 0.29) is 0 Å². The van der Waals surface area contributed by atoms with Crippen LogP contribution >= 0.6 is 0 Å². The van der Waals surface area contributed by atoms with E-state index >= 15 is 0 Å². The molecular formula is C15H22N4O. The van der Waals surface area contributed by atoms with Crippen LogP contribution in [0.3, 0.4) is 0 Å². The summed E-state index contributed by atoms with van der Waals surface area (Å²) in [4.78, 5) is 11.0. The smallest absolute Gasteiger partial charge is 0.141 e. The number of morpholine rings is 1. The molecule has 2 heterocycles. The Labute approximate surface area is 120 Å². The van der Waals surface area contributed by atoms with Gasteiger partial charge in [-0.2, -0.15) is 0 Å². The average Bonchev–Trinajstić information content (AvgIpc) is 2.52. The molecular weight excluding hydrogens is 252 g/mol. The maximum Gasteiger partial charge on any atom is 0.141 e. The van der Waals surface area contributed by atoms with Crippen LogP contribution in [0.25, 0.3) is 5.57 Å². The third-order valence-corrected chi connectivity index (χ3v) is 3.33. The number of ether oxygens (including phenoxy) is 1. The van der Waals surface area contributed by atoms with Crippen LogP contribution in [-0.2, 0) is 4.74 Å². The molecule has 2 rings (SSSR count). The van der Waals surface area contributed by atoms with Gasteiger partial charge in [0.1, 0.15) is 18.0 Å². The minimum Gasteiger partial charge on any atom is -0.378 e. The largest absolute Gasteiger partial charge is 0.378 e. The van der Waals surface area contributed by atoms with E-state index in [1.54, 1.807) is 6.33 Å². The third-order valence-electron chi connectivity index (χ3n) is 3.33. The quantitative estimate of drug-likeness (QED) is 0.835. The lowest BCUT2D eigenvalue weighted by molar-refractivity contribution is 0.122. The van der Waals surface area contributed by atoms with Crippen molar-refractivity contribution in [1.29, 1.82) is 0 Å². The van der Waals surface area contributed by atoms with E-state index in [4.69, 9.17) is 4.74 Å². The highest BCUT2D eigenvalue weighted by atomic mass is 16.5. The molecule has 0 unspecified atom stereocenters. The molecule has 0 aromatic carbocycles. The Hall–Kier alpha value is -1.88. The zero-order valence-electron chi connectivity index (χ0n) is 12.2. The normalized spacial score (nSPS) is 15.6. The SMILES string of the molecule is C=C(CC=CC)c1c(NC)ncnc1N1CCOCC1. The van der Waals surface area contributed by atoms with Gasteiger partial charge in [0.15, 0.2) is 0 Å². The summed E-state index contributed by atoms with van der Waals surface area (Å²) in [5.74, 6) is 1.78. The van der Waals surface area contributed by atoms with E-state index in [2.05, 4.69) is 32.8 Å². The molecule has 108 valence electrons. The zero-order chi connectivity index (χ0) is 14.4. The van der Waals surface area contributed by atoms with Crippen LogP contribution in [0.5, 0.6) is 0 Å². The minimum atomic E-state index is 0.736. The van der Waals surface area contributed by atoms with Gasteiger partial charge in [-0.15, -0.1) is 0 Å². The molecule has 1 N–H and O–H groups in total. The van der Waals surface area contributed by atoms with Crippen molar-refractivity contribution in [3.8, 4) is 0 Å². The van der Waals surface area contributed by atoms with Gasteiger partial charge >= 0.3 is 0 Å². The number of anilines is 2. The Morgan fingerprint density at radius 1 is 1.45 bits per heavy atom. The molecule has 1 aliphatic rings. The first kappa shape index (κ1) is 14.5. The van der Waals surface area contributed by atoms with Crippen molar-refractivity contribution in [2.45, 2.75) is 13.3 Å². The highest BCUT2D eigenvalue weighted by molar-refractivity contribution is 5.81. The highest BCUT2D eigenvalue weighted by Gasteiger charge is 2.20. The molecule has 0 aliphatic carbocycles. The summed E-state index contributed by atoms with van der Waals surface area (Å²) in [5.41, 5.74) is 2.03. The Balaban J connectivity index is 2.36. The van der Waals surface area contributed by atoms with E-state index in [0.29, 0.717) is 0 Å². The summed E-state index contributed by atoms with van der Waals surface area (Å²) in [6, 6.07) is 0. The van der Waals surface area contributed by atoms with Gasteiger partial charge in [0.05, 0.1) is 18.8 Å². The summed E-state index contributed by atoms with van der Waals surface area (Å²) in [5, 5.41) is 3.14. The van der Waals surface area contributed by atoms with E-state index in [1.165, 1.54) is 0 Å². The molecule has 5 heteroatoms. The first-order chi connectivity index (χ1) is 9.77. The lowest BCUT2D eigenvalue weighted by atomic mass is 10.0. The minimum absolute atomic E-state index is 0.736. The number of allylic oxidation sites excluding steroid dienone is 3. The van der Waals surface area contributed by atoms with Gasteiger partial charge in [0, 0.05) is 20.1 Å². The van der Waals surface area contributed by atoms with E-state index in [0.717, 1.165) is 55.5 Å². The number of aromatic nitrogens is 2. The van der Waals surface area contributed by atoms with Gasteiger partial charge in [-0.25, -0.2) is 9.97 Å². The maximum absolute atomic E-state index is 5.41. The number of hydrogen-bond donors (Lipinski definition) is 1. The molecule has 1 aromatic rings. The molecule has 1 aliphatic heterocycles. The molecule has 20 heavy (non-hydrogen) atoms. The molecule has 1 saturated heterocycles. The topological polar surface area (TPSA) is 50.3 Å². The van der Waals surface area contributed by atoms with Crippen molar-refractivity contribution in [3.05, 3.63) is 30.6 Å². The fourth-order valence-electron chi connectivity index (χ4n) is 2.27. The van der Waals surface area contributed by atoms with Crippen molar-refractivity contribution in [2.24, 2.45) is 0 Å². The zero-order valence-corrected chi connectivity index (χ0v) is 12.2. The van der Waals surface area contributed by atoms with Crippen LogP contribution in [0, 0.1) is 0 Å². The average molecular weight is 274 g/mol. The molecule has 0 bridgehead atoms. The van der Waals surface area contributed by atoms with Crippen molar-refractivity contribution >= 4 is 17.2 Å². The van der Waals surface area contributed by atoms with Crippen LogP contribution in [0.2, 0.25) is 0 Å². The molecule has 0 amide bonds. The van der Waals surface area contributed by atoms with Crippen LogP contribution in [-0.4, -0.2) is 43.3 Å². The lowest BCUT2D eigenvalue weighted by Crippen LogP contribution is -2.37. The molecule has 5 nitrogen and oxygen atoms in total.